The van der Waals surface area contributed by atoms with Gasteiger partial charge in [-0.05, 0) is 0 Å². The largest absolute Gasteiger partial charge is 1.00 e. The van der Waals surface area contributed by atoms with Gasteiger partial charge in [-0.15, -0.1) is 0 Å². The van der Waals surface area contributed by atoms with Crippen LogP contribution < -0.4 is 0 Å². The maximum atomic E-state index is 8.25. The van der Waals surface area contributed by atoms with Gasteiger partial charge in [0.25, 0.3) is 0 Å². The minimum Gasteiger partial charge on any atom is -0.356 e. The maximum absolute atomic E-state index is 8.25. The number of hydrogen-bond donors (Lipinski definition) is 0. The SMILES string of the molecule is O=[N+]([O-])[O-].[Cu].[H+]. The first-order valence-electron chi connectivity index (χ1n) is 0.548. The Balaban J connectivity index is -0.0000000450. The van der Waals surface area contributed by atoms with Crippen LogP contribution in [0.2, 0.25) is 0 Å². The van der Waals surface area contributed by atoms with Crippen LogP contribution in [0, 0.1) is 15.3 Å². The van der Waals surface area contributed by atoms with Crippen molar-refractivity contribution >= 4 is 0 Å². The molecule has 0 rings (SSSR count). The molecule has 1 radical (unpaired) electrons. The third-order valence-corrected chi connectivity index (χ3v) is 0. The van der Waals surface area contributed by atoms with Gasteiger partial charge in [0.05, 0.1) is 5.09 Å². The van der Waals surface area contributed by atoms with E-state index >= 15 is 0 Å². The van der Waals surface area contributed by atoms with Gasteiger partial charge in [0.15, 0.2) is 0 Å². The summed E-state index contributed by atoms with van der Waals surface area (Å²) in [5.74, 6) is 0. The molecule has 35 valence electrons. The van der Waals surface area contributed by atoms with Crippen molar-refractivity contribution in [2.45, 2.75) is 0 Å². The Bertz CT molecular complexity index is 33.8. The molecule has 0 aromatic heterocycles. The van der Waals surface area contributed by atoms with Gasteiger partial charge in [-0.3, -0.25) is 0 Å². The summed E-state index contributed by atoms with van der Waals surface area (Å²) in [6.45, 7) is 0. The Morgan fingerprint density at radius 1 is 1.60 bits per heavy atom. The Labute approximate surface area is 39.9 Å². The number of rotatable bonds is 0. The molecule has 0 aromatic rings. The molecule has 0 N–H and O–H groups in total. The number of nitrogens with zero attached hydrogens (tertiary/aromatic N) is 1. The zero-order valence-corrected chi connectivity index (χ0v) is 2.92. The summed E-state index contributed by atoms with van der Waals surface area (Å²) in [5.41, 5.74) is 0. The molecule has 5 heteroatoms. The second kappa shape index (κ2) is 3.72. The summed E-state index contributed by atoms with van der Waals surface area (Å²) in [4.78, 5) is 8.25. The first-order chi connectivity index (χ1) is 1.73. The average Bonchev–Trinajstić information content (AvgIpc) is 0.811. The van der Waals surface area contributed by atoms with Crippen molar-refractivity contribution in [3.05, 3.63) is 15.3 Å². The van der Waals surface area contributed by atoms with Gasteiger partial charge in [-0.1, -0.05) is 0 Å². The molecular formula is HCuNO3. The van der Waals surface area contributed by atoms with Crippen LogP contribution in [0.1, 0.15) is 1.43 Å². The molecule has 0 aromatic carbocycles. The van der Waals surface area contributed by atoms with Crippen LogP contribution in [-0.4, -0.2) is 5.09 Å². The third-order valence-electron chi connectivity index (χ3n) is 0. The molecule has 0 amide bonds. The summed E-state index contributed by atoms with van der Waals surface area (Å²) < 4.78 is 0. The van der Waals surface area contributed by atoms with E-state index in [1.807, 2.05) is 0 Å². The van der Waals surface area contributed by atoms with E-state index in [9.17, 15) is 0 Å². The van der Waals surface area contributed by atoms with E-state index in [2.05, 4.69) is 0 Å². The van der Waals surface area contributed by atoms with Gasteiger partial charge in [0.1, 0.15) is 0 Å². The van der Waals surface area contributed by atoms with E-state index in [1.54, 1.807) is 0 Å². The van der Waals surface area contributed by atoms with Crippen LogP contribution >= 0.6 is 0 Å². The van der Waals surface area contributed by atoms with Crippen molar-refractivity contribution in [1.29, 1.82) is 0 Å². The molecule has 0 aliphatic carbocycles. The molecule has 5 heavy (non-hydrogen) atoms. The van der Waals surface area contributed by atoms with Crippen LogP contribution in [0.3, 0.4) is 0 Å². The summed E-state index contributed by atoms with van der Waals surface area (Å²) in [6, 6.07) is 0. The molecule has 0 fully saturated rings. The summed E-state index contributed by atoms with van der Waals surface area (Å²) in [7, 11) is 0. The van der Waals surface area contributed by atoms with Gasteiger partial charge < -0.3 is 15.3 Å². The molecule has 0 spiro atoms. The summed E-state index contributed by atoms with van der Waals surface area (Å²) >= 11 is 0. The van der Waals surface area contributed by atoms with Crippen LogP contribution in [-0.2, 0) is 17.1 Å². The first-order valence-corrected chi connectivity index (χ1v) is 0.548. The van der Waals surface area contributed by atoms with Crippen molar-refractivity contribution < 1.29 is 23.6 Å². The summed E-state index contributed by atoms with van der Waals surface area (Å²) in [6.07, 6.45) is 0. The van der Waals surface area contributed by atoms with Crippen molar-refractivity contribution in [3.8, 4) is 0 Å². The standard InChI is InChI=1S/Cu.NO3/c;2-1(3)4/q;-1/p+1. The van der Waals surface area contributed by atoms with Gasteiger partial charge in [-0.2, -0.15) is 0 Å². The Hall–Kier alpha value is -0.281. The monoisotopic (exact) mass is 126 g/mol. The maximum Gasteiger partial charge on any atom is 1.00 e. The van der Waals surface area contributed by atoms with E-state index in [1.165, 1.54) is 0 Å². The predicted octanol–water partition coefficient (Wildman–Crippen LogP) is -0.129. The van der Waals surface area contributed by atoms with E-state index in [-0.39, 0.29) is 18.5 Å². The van der Waals surface area contributed by atoms with E-state index in [0.717, 1.165) is 0 Å². The smallest absolute Gasteiger partial charge is 0.356 e. The van der Waals surface area contributed by atoms with Crippen molar-refractivity contribution in [2.24, 2.45) is 0 Å². The van der Waals surface area contributed by atoms with Crippen LogP contribution in [0.4, 0.5) is 0 Å². The van der Waals surface area contributed by atoms with Gasteiger partial charge in [0, 0.05) is 17.1 Å². The fourth-order valence-corrected chi connectivity index (χ4v) is 0. The van der Waals surface area contributed by atoms with E-state index < -0.39 is 5.09 Å². The minimum atomic E-state index is -1.75. The van der Waals surface area contributed by atoms with Crippen molar-refractivity contribution in [1.82, 2.24) is 0 Å². The molecule has 0 bridgehead atoms. The first kappa shape index (κ1) is 8.83. The topological polar surface area (TPSA) is 66.2 Å². The van der Waals surface area contributed by atoms with Crippen molar-refractivity contribution in [3.63, 3.8) is 0 Å². The van der Waals surface area contributed by atoms with E-state index in [0.29, 0.717) is 0 Å². The zero-order valence-electron chi connectivity index (χ0n) is 2.97. The molecule has 0 heterocycles. The molecule has 0 atom stereocenters. The normalized spacial score (nSPS) is 4.80. The van der Waals surface area contributed by atoms with Crippen LogP contribution in [0.5, 0.6) is 0 Å². The molecule has 0 aliphatic heterocycles. The van der Waals surface area contributed by atoms with Gasteiger partial charge in [-0.25, -0.2) is 0 Å². The molecule has 0 aliphatic rings. The molecule has 0 unspecified atom stereocenters. The third kappa shape index (κ3) is 140. The Morgan fingerprint density at radius 3 is 1.60 bits per heavy atom. The Kier molecular flexibility index (Phi) is 6.57. The second-order valence-electron chi connectivity index (χ2n) is 0.224. The molecule has 0 saturated heterocycles. The van der Waals surface area contributed by atoms with Crippen LogP contribution in [0.25, 0.3) is 0 Å². The van der Waals surface area contributed by atoms with Crippen LogP contribution in [0.15, 0.2) is 0 Å². The number of hydrogen-bond acceptors (Lipinski definition) is 3. The zero-order chi connectivity index (χ0) is 3.58. The predicted molar refractivity (Wildman–Crippen MR) is 11.5 cm³/mol. The fraction of sp³-hybridized carbons (Fsp3) is 0. The van der Waals surface area contributed by atoms with Crippen molar-refractivity contribution in [2.75, 3.05) is 0 Å². The molecule has 4 nitrogen and oxygen atoms in total. The molecule has 0 saturated carbocycles. The molecular weight excluding hydrogens is 126 g/mol. The van der Waals surface area contributed by atoms with E-state index in [4.69, 9.17) is 15.3 Å². The van der Waals surface area contributed by atoms with Gasteiger partial charge in [0.2, 0.25) is 0 Å². The fourth-order valence-electron chi connectivity index (χ4n) is 0. The van der Waals surface area contributed by atoms with Gasteiger partial charge >= 0.3 is 1.43 Å². The Morgan fingerprint density at radius 2 is 1.60 bits per heavy atom. The summed E-state index contributed by atoms with van der Waals surface area (Å²) in [5, 5.41) is 14.8. The second-order valence-corrected chi connectivity index (χ2v) is 0.224. The minimum absolute atomic E-state index is 0. The quantitative estimate of drug-likeness (QED) is 0.258. The average molecular weight is 127 g/mol.